The molecule has 7 nitrogen and oxygen atoms in total. The fraction of sp³-hybridized carbons (Fsp3) is 0.276. The molecule has 1 aliphatic rings. The van der Waals surface area contributed by atoms with Crippen molar-refractivity contribution >= 4 is 11.6 Å². The Morgan fingerprint density at radius 1 is 0.944 bits per heavy atom. The number of amides is 1. The van der Waals surface area contributed by atoms with Crippen molar-refractivity contribution in [3.05, 3.63) is 83.7 Å². The van der Waals surface area contributed by atoms with Crippen LogP contribution in [0.1, 0.15) is 28.0 Å². The third-order valence-electron chi connectivity index (χ3n) is 6.98. The molecule has 0 spiro atoms. The Labute approximate surface area is 211 Å². The number of hydrogen-bond donors (Lipinski definition) is 1. The highest BCUT2D eigenvalue weighted by molar-refractivity contribution is 5.93. The molecule has 182 valence electrons. The van der Waals surface area contributed by atoms with E-state index in [9.17, 15) is 10.1 Å². The standard InChI is InChI=1S/C29H30N6O/c1-33-14-2-15-34(18-17-33)16-13-26-28(23-5-3-21(19-30)4-6-23)32-27-12-11-25(20-35(26)27)22-7-9-24(10-8-22)29(31)36/h3-12,20H,2,13-18H2,1H3,(H2,31,36). The van der Waals surface area contributed by atoms with Crippen LogP contribution in [-0.2, 0) is 6.42 Å². The molecular formula is C29H30N6O. The van der Waals surface area contributed by atoms with Gasteiger partial charge in [0.1, 0.15) is 5.65 Å². The summed E-state index contributed by atoms with van der Waals surface area (Å²) in [5, 5.41) is 9.22. The first-order valence-electron chi connectivity index (χ1n) is 12.3. The Hall–Kier alpha value is -3.99. The first-order chi connectivity index (χ1) is 17.5. The quantitative estimate of drug-likeness (QED) is 0.455. The van der Waals surface area contributed by atoms with Gasteiger partial charge in [-0.2, -0.15) is 5.26 Å². The molecule has 36 heavy (non-hydrogen) atoms. The van der Waals surface area contributed by atoms with Gasteiger partial charge >= 0.3 is 0 Å². The fourth-order valence-electron chi connectivity index (χ4n) is 4.85. The number of nitrogens with zero attached hydrogens (tertiary/aromatic N) is 5. The summed E-state index contributed by atoms with van der Waals surface area (Å²) in [7, 11) is 2.19. The maximum Gasteiger partial charge on any atom is 0.248 e. The minimum atomic E-state index is -0.430. The van der Waals surface area contributed by atoms with Gasteiger partial charge < -0.3 is 19.9 Å². The number of imidazole rings is 1. The molecule has 0 aliphatic carbocycles. The molecule has 0 atom stereocenters. The lowest BCUT2D eigenvalue weighted by molar-refractivity contribution is 0.100. The van der Waals surface area contributed by atoms with E-state index in [2.05, 4.69) is 39.6 Å². The second-order valence-corrected chi connectivity index (χ2v) is 9.43. The molecular weight excluding hydrogens is 448 g/mol. The van der Waals surface area contributed by atoms with Crippen LogP contribution in [-0.4, -0.2) is 64.9 Å². The predicted molar refractivity (Wildman–Crippen MR) is 142 cm³/mol. The third kappa shape index (κ3) is 5.01. The summed E-state index contributed by atoms with van der Waals surface area (Å²) in [6, 6.07) is 21.3. The van der Waals surface area contributed by atoms with Gasteiger partial charge in [0.15, 0.2) is 0 Å². The van der Waals surface area contributed by atoms with Crippen LogP contribution in [0.15, 0.2) is 66.9 Å². The summed E-state index contributed by atoms with van der Waals surface area (Å²) in [6.07, 6.45) is 4.17. The van der Waals surface area contributed by atoms with Crippen LogP contribution in [0.4, 0.5) is 0 Å². The van der Waals surface area contributed by atoms with E-state index in [0.717, 1.165) is 72.9 Å². The number of aromatic nitrogens is 2. The highest BCUT2D eigenvalue weighted by atomic mass is 16.1. The van der Waals surface area contributed by atoms with Gasteiger partial charge in [-0.15, -0.1) is 0 Å². The fourth-order valence-corrected chi connectivity index (χ4v) is 4.85. The minimum Gasteiger partial charge on any atom is -0.366 e. The lowest BCUT2D eigenvalue weighted by Gasteiger charge is -2.20. The van der Waals surface area contributed by atoms with Crippen molar-refractivity contribution in [3.63, 3.8) is 0 Å². The van der Waals surface area contributed by atoms with Crippen LogP contribution < -0.4 is 5.73 Å². The Bertz CT molecular complexity index is 1420. The maximum atomic E-state index is 11.5. The van der Waals surface area contributed by atoms with Crippen LogP contribution in [0.3, 0.4) is 0 Å². The predicted octanol–water partition coefficient (Wildman–Crippen LogP) is 3.82. The maximum absolute atomic E-state index is 11.5. The van der Waals surface area contributed by atoms with Crippen molar-refractivity contribution in [2.75, 3.05) is 39.8 Å². The first-order valence-corrected chi connectivity index (χ1v) is 12.3. The topological polar surface area (TPSA) is 90.7 Å². The lowest BCUT2D eigenvalue weighted by atomic mass is 10.0. The molecule has 0 radical (unpaired) electrons. The Morgan fingerprint density at radius 2 is 1.67 bits per heavy atom. The zero-order valence-corrected chi connectivity index (χ0v) is 20.5. The molecule has 0 bridgehead atoms. The van der Waals surface area contributed by atoms with E-state index in [1.165, 1.54) is 6.42 Å². The number of fused-ring (bicyclic) bond motifs is 1. The van der Waals surface area contributed by atoms with Gasteiger partial charge in [-0.05, 0) is 74.1 Å². The normalized spacial score (nSPS) is 15.0. The molecule has 1 aliphatic heterocycles. The number of likely N-dealkylation sites (N-methyl/N-ethyl adjacent to an activating group) is 1. The summed E-state index contributed by atoms with van der Waals surface area (Å²) >= 11 is 0. The number of hydrogen-bond acceptors (Lipinski definition) is 5. The molecule has 0 unspecified atom stereocenters. The molecule has 2 aromatic heterocycles. The van der Waals surface area contributed by atoms with Gasteiger partial charge in [-0.3, -0.25) is 4.79 Å². The Kier molecular flexibility index (Phi) is 6.81. The van der Waals surface area contributed by atoms with Gasteiger partial charge in [-0.25, -0.2) is 4.98 Å². The molecule has 7 heteroatoms. The van der Waals surface area contributed by atoms with Crippen molar-refractivity contribution in [3.8, 4) is 28.5 Å². The van der Waals surface area contributed by atoms with Gasteiger partial charge in [0, 0.05) is 43.4 Å². The summed E-state index contributed by atoms with van der Waals surface area (Å²) in [4.78, 5) is 21.4. The summed E-state index contributed by atoms with van der Waals surface area (Å²) in [6.45, 7) is 5.35. The zero-order chi connectivity index (χ0) is 25.1. The van der Waals surface area contributed by atoms with Gasteiger partial charge in [0.25, 0.3) is 0 Å². The first kappa shape index (κ1) is 23.7. The smallest absolute Gasteiger partial charge is 0.248 e. The van der Waals surface area contributed by atoms with Gasteiger partial charge in [0.2, 0.25) is 5.91 Å². The second kappa shape index (κ2) is 10.3. The molecule has 3 heterocycles. The van der Waals surface area contributed by atoms with Crippen molar-refractivity contribution in [2.45, 2.75) is 12.8 Å². The van der Waals surface area contributed by atoms with Crippen molar-refractivity contribution < 1.29 is 4.79 Å². The molecule has 5 rings (SSSR count). The van der Waals surface area contributed by atoms with Crippen LogP contribution in [0.25, 0.3) is 28.0 Å². The number of primary amides is 1. The highest BCUT2D eigenvalue weighted by Crippen LogP contribution is 2.28. The van der Waals surface area contributed by atoms with E-state index in [-0.39, 0.29) is 0 Å². The average molecular weight is 479 g/mol. The largest absolute Gasteiger partial charge is 0.366 e. The number of benzene rings is 2. The highest BCUT2D eigenvalue weighted by Gasteiger charge is 2.18. The number of rotatable bonds is 6. The van der Waals surface area contributed by atoms with Crippen molar-refractivity contribution in [2.24, 2.45) is 5.73 Å². The summed E-state index contributed by atoms with van der Waals surface area (Å²) in [5.74, 6) is -0.430. The minimum absolute atomic E-state index is 0.430. The van der Waals surface area contributed by atoms with E-state index in [1.54, 1.807) is 12.1 Å². The number of carbonyl (C=O) groups is 1. The summed E-state index contributed by atoms with van der Waals surface area (Å²) < 4.78 is 2.19. The third-order valence-corrected chi connectivity index (χ3v) is 6.98. The van der Waals surface area contributed by atoms with Crippen LogP contribution in [0, 0.1) is 11.3 Å². The average Bonchev–Trinajstić information content (AvgIpc) is 3.14. The van der Waals surface area contributed by atoms with E-state index < -0.39 is 5.91 Å². The van der Waals surface area contributed by atoms with Crippen LogP contribution >= 0.6 is 0 Å². The number of pyridine rings is 1. The molecule has 2 aromatic carbocycles. The Morgan fingerprint density at radius 3 is 2.39 bits per heavy atom. The van der Waals surface area contributed by atoms with Gasteiger partial charge in [0.05, 0.1) is 23.0 Å². The lowest BCUT2D eigenvalue weighted by Crippen LogP contribution is -2.30. The van der Waals surface area contributed by atoms with Crippen LogP contribution in [0.5, 0.6) is 0 Å². The van der Waals surface area contributed by atoms with E-state index in [4.69, 9.17) is 10.7 Å². The summed E-state index contributed by atoms with van der Waals surface area (Å²) in [5.41, 5.74) is 12.6. The SMILES string of the molecule is CN1CCCN(CCc2c(-c3ccc(C#N)cc3)nc3ccc(-c4ccc(C(N)=O)cc4)cn23)CC1. The van der Waals surface area contributed by atoms with E-state index in [1.807, 2.05) is 42.5 Å². The number of nitriles is 1. The molecule has 0 saturated carbocycles. The van der Waals surface area contributed by atoms with Crippen molar-refractivity contribution in [1.82, 2.24) is 19.2 Å². The Balaban J connectivity index is 1.53. The van der Waals surface area contributed by atoms with E-state index >= 15 is 0 Å². The van der Waals surface area contributed by atoms with E-state index in [0.29, 0.717) is 11.1 Å². The second-order valence-electron chi connectivity index (χ2n) is 9.43. The van der Waals surface area contributed by atoms with Gasteiger partial charge in [-0.1, -0.05) is 24.3 Å². The molecule has 1 amide bonds. The molecule has 1 saturated heterocycles. The monoisotopic (exact) mass is 478 g/mol. The van der Waals surface area contributed by atoms with Crippen molar-refractivity contribution in [1.29, 1.82) is 5.26 Å². The molecule has 2 N–H and O–H groups in total. The molecule has 4 aromatic rings. The number of nitrogens with two attached hydrogens (primary N) is 1. The zero-order valence-electron chi connectivity index (χ0n) is 20.5. The van der Waals surface area contributed by atoms with Crippen LogP contribution in [0.2, 0.25) is 0 Å². The molecule has 1 fully saturated rings. The number of carbonyl (C=O) groups excluding carboxylic acids is 1.